The summed E-state index contributed by atoms with van der Waals surface area (Å²) in [6, 6.07) is 11.0. The maximum absolute atomic E-state index is 12.5. The second-order valence-electron chi connectivity index (χ2n) is 5.40. The number of aromatic nitrogens is 2. The van der Waals surface area contributed by atoms with Gasteiger partial charge in [-0.05, 0) is 11.6 Å². The lowest BCUT2D eigenvalue weighted by molar-refractivity contribution is 0.383. The molecule has 0 unspecified atom stereocenters. The Morgan fingerprint density at radius 3 is 2.39 bits per heavy atom. The van der Waals surface area contributed by atoms with Crippen LogP contribution in [0.25, 0.3) is 0 Å². The molecule has 122 valence electrons. The Hall–Kier alpha value is -2.19. The van der Waals surface area contributed by atoms with Crippen molar-refractivity contribution in [3.63, 3.8) is 0 Å². The van der Waals surface area contributed by atoms with Crippen molar-refractivity contribution < 1.29 is 8.42 Å². The fourth-order valence-corrected chi connectivity index (χ4v) is 4.13. The molecule has 0 spiro atoms. The van der Waals surface area contributed by atoms with Crippen molar-refractivity contribution in [1.29, 1.82) is 0 Å². The summed E-state index contributed by atoms with van der Waals surface area (Å²) in [6.45, 7) is 2.06. The van der Waals surface area contributed by atoms with Crippen molar-refractivity contribution in [2.45, 2.75) is 5.75 Å². The number of rotatable bonds is 4. The SMILES string of the molecule is Nc1nccc(N2CCN(S(=O)(=O)Cc3ccccc3)CC2)n1. The molecule has 0 saturated carbocycles. The van der Waals surface area contributed by atoms with Crippen molar-refractivity contribution in [3.05, 3.63) is 48.2 Å². The fourth-order valence-electron chi connectivity index (χ4n) is 2.61. The highest BCUT2D eigenvalue weighted by Gasteiger charge is 2.27. The third-order valence-corrected chi connectivity index (χ3v) is 5.66. The van der Waals surface area contributed by atoms with Crippen LogP contribution < -0.4 is 10.6 Å². The first-order valence-electron chi connectivity index (χ1n) is 7.40. The Balaban J connectivity index is 1.64. The van der Waals surface area contributed by atoms with Crippen LogP contribution in [-0.2, 0) is 15.8 Å². The van der Waals surface area contributed by atoms with Crippen LogP contribution in [0.5, 0.6) is 0 Å². The van der Waals surface area contributed by atoms with Gasteiger partial charge >= 0.3 is 0 Å². The lowest BCUT2D eigenvalue weighted by Gasteiger charge is -2.34. The summed E-state index contributed by atoms with van der Waals surface area (Å²) >= 11 is 0. The van der Waals surface area contributed by atoms with Crippen molar-refractivity contribution in [2.75, 3.05) is 36.8 Å². The molecule has 0 bridgehead atoms. The molecule has 0 radical (unpaired) electrons. The number of nitrogen functional groups attached to an aromatic ring is 1. The molecule has 1 aliphatic rings. The third-order valence-electron chi connectivity index (χ3n) is 3.81. The van der Waals surface area contributed by atoms with Crippen molar-refractivity contribution in [3.8, 4) is 0 Å². The molecule has 2 aromatic rings. The maximum Gasteiger partial charge on any atom is 0.221 e. The van der Waals surface area contributed by atoms with E-state index < -0.39 is 10.0 Å². The second kappa shape index (κ2) is 6.51. The van der Waals surface area contributed by atoms with Crippen LogP contribution in [0.1, 0.15) is 5.56 Å². The summed E-state index contributed by atoms with van der Waals surface area (Å²) in [6.07, 6.45) is 1.61. The van der Waals surface area contributed by atoms with E-state index >= 15 is 0 Å². The molecule has 23 heavy (non-hydrogen) atoms. The lowest BCUT2D eigenvalue weighted by Crippen LogP contribution is -2.49. The number of piperazine rings is 1. The van der Waals surface area contributed by atoms with Gasteiger partial charge in [-0.25, -0.2) is 13.4 Å². The summed E-state index contributed by atoms with van der Waals surface area (Å²) in [5.41, 5.74) is 6.40. The molecule has 2 N–H and O–H groups in total. The Bertz CT molecular complexity index is 758. The zero-order valence-electron chi connectivity index (χ0n) is 12.7. The minimum absolute atomic E-state index is 0.0360. The first-order valence-corrected chi connectivity index (χ1v) is 9.01. The van der Waals surface area contributed by atoms with Gasteiger partial charge in [-0.3, -0.25) is 0 Å². The van der Waals surface area contributed by atoms with E-state index in [1.807, 2.05) is 35.2 Å². The molecule has 1 saturated heterocycles. The van der Waals surface area contributed by atoms with E-state index in [4.69, 9.17) is 5.73 Å². The summed E-state index contributed by atoms with van der Waals surface area (Å²) in [7, 11) is -3.30. The van der Waals surface area contributed by atoms with Gasteiger partial charge in [0, 0.05) is 32.4 Å². The standard InChI is InChI=1S/C15H19N5O2S/c16-15-17-7-6-14(18-15)19-8-10-20(11-9-19)23(21,22)12-13-4-2-1-3-5-13/h1-7H,8-12H2,(H2,16,17,18). The van der Waals surface area contributed by atoms with E-state index in [0.717, 1.165) is 11.4 Å². The van der Waals surface area contributed by atoms with Crippen LogP contribution >= 0.6 is 0 Å². The molecule has 1 aromatic heterocycles. The Labute approximate surface area is 135 Å². The number of hydrogen-bond donors (Lipinski definition) is 1. The quantitative estimate of drug-likeness (QED) is 0.886. The molecule has 8 heteroatoms. The second-order valence-corrected chi connectivity index (χ2v) is 7.37. The normalized spacial score (nSPS) is 16.4. The number of benzene rings is 1. The first-order chi connectivity index (χ1) is 11.0. The predicted octanol–water partition coefficient (Wildman–Crippen LogP) is 0.711. The van der Waals surface area contributed by atoms with Crippen LogP contribution in [0.3, 0.4) is 0 Å². The summed E-state index contributed by atoms with van der Waals surface area (Å²) in [5, 5.41) is 0. The minimum atomic E-state index is -3.30. The molecule has 3 rings (SSSR count). The molecule has 2 heterocycles. The van der Waals surface area contributed by atoms with Crippen LogP contribution in [0.4, 0.5) is 11.8 Å². The van der Waals surface area contributed by atoms with Crippen LogP contribution in [0, 0.1) is 0 Å². The number of sulfonamides is 1. The number of nitrogens with two attached hydrogens (primary N) is 1. The highest BCUT2D eigenvalue weighted by Crippen LogP contribution is 2.17. The van der Waals surface area contributed by atoms with Gasteiger partial charge in [0.05, 0.1) is 5.75 Å². The van der Waals surface area contributed by atoms with E-state index in [9.17, 15) is 8.42 Å². The molecular weight excluding hydrogens is 314 g/mol. The summed E-state index contributed by atoms with van der Waals surface area (Å²) in [4.78, 5) is 10.1. The van der Waals surface area contributed by atoms with Crippen molar-refractivity contribution >= 4 is 21.8 Å². The summed E-state index contributed by atoms with van der Waals surface area (Å²) in [5.74, 6) is 0.994. The minimum Gasteiger partial charge on any atom is -0.368 e. The van der Waals surface area contributed by atoms with Gasteiger partial charge in [0.2, 0.25) is 16.0 Å². The number of nitrogens with zero attached hydrogens (tertiary/aromatic N) is 4. The molecular formula is C15H19N5O2S. The van der Waals surface area contributed by atoms with E-state index in [1.54, 1.807) is 16.6 Å². The van der Waals surface area contributed by atoms with Gasteiger partial charge in [0.25, 0.3) is 0 Å². The predicted molar refractivity (Wildman–Crippen MR) is 89.3 cm³/mol. The molecule has 1 aliphatic heterocycles. The van der Waals surface area contributed by atoms with E-state index in [1.165, 1.54) is 0 Å². The lowest BCUT2D eigenvalue weighted by atomic mass is 10.2. The highest BCUT2D eigenvalue weighted by molar-refractivity contribution is 7.88. The Morgan fingerprint density at radius 1 is 1.04 bits per heavy atom. The van der Waals surface area contributed by atoms with E-state index in [0.29, 0.717) is 26.2 Å². The van der Waals surface area contributed by atoms with E-state index in [2.05, 4.69) is 9.97 Å². The zero-order valence-corrected chi connectivity index (χ0v) is 13.5. The maximum atomic E-state index is 12.5. The van der Waals surface area contributed by atoms with Crippen LogP contribution in [-0.4, -0.2) is 48.9 Å². The zero-order chi connectivity index (χ0) is 16.3. The van der Waals surface area contributed by atoms with Gasteiger partial charge in [0.1, 0.15) is 5.82 Å². The number of hydrogen-bond acceptors (Lipinski definition) is 6. The molecule has 7 nitrogen and oxygen atoms in total. The molecule has 1 fully saturated rings. The van der Waals surface area contributed by atoms with Gasteiger partial charge in [-0.2, -0.15) is 9.29 Å². The van der Waals surface area contributed by atoms with E-state index in [-0.39, 0.29) is 11.7 Å². The molecule has 0 atom stereocenters. The summed E-state index contributed by atoms with van der Waals surface area (Å²) < 4.78 is 26.6. The monoisotopic (exact) mass is 333 g/mol. The van der Waals surface area contributed by atoms with Crippen LogP contribution in [0.2, 0.25) is 0 Å². The van der Waals surface area contributed by atoms with Crippen LogP contribution in [0.15, 0.2) is 42.6 Å². The first kappa shape index (κ1) is 15.7. The largest absolute Gasteiger partial charge is 0.368 e. The average molecular weight is 333 g/mol. The Morgan fingerprint density at radius 2 is 1.74 bits per heavy atom. The van der Waals surface area contributed by atoms with Gasteiger partial charge in [0.15, 0.2) is 0 Å². The Kier molecular flexibility index (Phi) is 4.44. The number of anilines is 2. The van der Waals surface area contributed by atoms with Crippen molar-refractivity contribution in [2.24, 2.45) is 0 Å². The van der Waals surface area contributed by atoms with Crippen molar-refractivity contribution in [1.82, 2.24) is 14.3 Å². The third kappa shape index (κ3) is 3.77. The molecule has 1 aromatic carbocycles. The van der Waals surface area contributed by atoms with Gasteiger partial charge in [-0.15, -0.1) is 0 Å². The fraction of sp³-hybridized carbons (Fsp3) is 0.333. The molecule has 0 amide bonds. The van der Waals surface area contributed by atoms with Gasteiger partial charge in [-0.1, -0.05) is 30.3 Å². The smallest absolute Gasteiger partial charge is 0.221 e. The molecule has 0 aliphatic carbocycles. The highest BCUT2D eigenvalue weighted by atomic mass is 32.2. The average Bonchev–Trinajstić information content (AvgIpc) is 2.55. The van der Waals surface area contributed by atoms with Gasteiger partial charge < -0.3 is 10.6 Å². The topological polar surface area (TPSA) is 92.4 Å².